The summed E-state index contributed by atoms with van der Waals surface area (Å²) in [6.45, 7) is 1.52. The van der Waals surface area contributed by atoms with Gasteiger partial charge in [-0.3, -0.25) is 9.78 Å². The van der Waals surface area contributed by atoms with E-state index in [9.17, 15) is 18.3 Å². The van der Waals surface area contributed by atoms with Gasteiger partial charge in [0.05, 0.1) is 21.9 Å². The van der Waals surface area contributed by atoms with Crippen LogP contribution in [-0.4, -0.2) is 30.2 Å². The zero-order valence-corrected chi connectivity index (χ0v) is 12.1. The van der Waals surface area contributed by atoms with E-state index in [4.69, 9.17) is 0 Å². The fourth-order valence-corrected chi connectivity index (χ4v) is 2.57. The van der Waals surface area contributed by atoms with E-state index in [1.54, 1.807) is 12.1 Å². The van der Waals surface area contributed by atoms with Gasteiger partial charge in [0.1, 0.15) is 5.75 Å². The molecule has 110 valence electrons. The molecule has 1 amide bonds. The first-order valence-corrected chi connectivity index (χ1v) is 7.86. The molecule has 0 bridgehead atoms. The molecule has 1 aromatic carbocycles. The minimum atomic E-state index is -3.41. The Labute approximate surface area is 122 Å². The molecule has 7 heteroatoms. The number of sulfone groups is 1. The average Bonchev–Trinajstić information content (AvgIpc) is 2.50. The summed E-state index contributed by atoms with van der Waals surface area (Å²) in [7, 11) is -3.41. The quantitative estimate of drug-likeness (QED) is 0.840. The normalized spacial score (nSPS) is 11.1. The Kier molecular flexibility index (Phi) is 4.23. The summed E-state index contributed by atoms with van der Waals surface area (Å²) in [5, 5.41) is 12.2. The van der Waals surface area contributed by atoms with Crippen LogP contribution in [0.4, 0.5) is 5.69 Å². The molecule has 2 aromatic rings. The summed E-state index contributed by atoms with van der Waals surface area (Å²) in [4.78, 5) is 15.9. The number of aromatic hydroxyl groups is 1. The molecule has 0 aliphatic rings. The molecule has 0 saturated carbocycles. The second-order valence-corrected chi connectivity index (χ2v) is 6.56. The molecule has 1 aromatic heterocycles. The van der Waals surface area contributed by atoms with Crippen molar-refractivity contribution in [3.8, 4) is 5.75 Å². The van der Waals surface area contributed by atoms with Gasteiger partial charge in [0.15, 0.2) is 9.84 Å². The van der Waals surface area contributed by atoms with Gasteiger partial charge in [-0.2, -0.15) is 0 Å². The van der Waals surface area contributed by atoms with Crippen LogP contribution in [0, 0.1) is 0 Å². The van der Waals surface area contributed by atoms with Crippen molar-refractivity contribution in [2.45, 2.75) is 11.8 Å². The lowest BCUT2D eigenvalue weighted by Gasteiger charge is -2.09. The summed E-state index contributed by atoms with van der Waals surface area (Å²) >= 11 is 0. The highest BCUT2D eigenvalue weighted by Gasteiger charge is 2.15. The number of aromatic nitrogens is 1. The lowest BCUT2D eigenvalue weighted by Crippen LogP contribution is -2.13. The number of hydrogen-bond acceptors (Lipinski definition) is 5. The molecule has 0 aliphatic carbocycles. The van der Waals surface area contributed by atoms with Crippen molar-refractivity contribution >= 4 is 21.4 Å². The highest BCUT2D eigenvalue weighted by molar-refractivity contribution is 7.91. The molecule has 0 aliphatic heterocycles. The van der Waals surface area contributed by atoms with E-state index >= 15 is 0 Å². The zero-order valence-electron chi connectivity index (χ0n) is 11.3. The Morgan fingerprint density at radius 1 is 1.33 bits per heavy atom. The third kappa shape index (κ3) is 3.38. The summed E-state index contributed by atoms with van der Waals surface area (Å²) < 4.78 is 23.6. The third-order valence-electron chi connectivity index (χ3n) is 2.88. The predicted molar refractivity (Wildman–Crippen MR) is 78.0 cm³/mol. The Morgan fingerprint density at radius 2 is 2.10 bits per heavy atom. The lowest BCUT2D eigenvalue weighted by molar-refractivity contribution is 0.102. The van der Waals surface area contributed by atoms with Crippen LogP contribution in [0.1, 0.15) is 17.3 Å². The Hall–Kier alpha value is -2.41. The molecular weight excluding hydrogens is 292 g/mol. The van der Waals surface area contributed by atoms with Gasteiger partial charge in [-0.05, 0) is 30.3 Å². The number of phenolic OH excluding ortho intramolecular Hbond substituents is 1. The topological polar surface area (TPSA) is 96.4 Å². The molecule has 0 fully saturated rings. The largest absolute Gasteiger partial charge is 0.506 e. The monoisotopic (exact) mass is 306 g/mol. The summed E-state index contributed by atoms with van der Waals surface area (Å²) in [6.07, 6.45) is 2.90. The maximum absolute atomic E-state index is 12.0. The number of carbonyl (C=O) groups excluding carboxylic acids is 1. The summed E-state index contributed by atoms with van der Waals surface area (Å²) in [5.41, 5.74) is 0.346. The molecule has 2 rings (SSSR count). The minimum absolute atomic E-state index is 0.0402. The van der Waals surface area contributed by atoms with Gasteiger partial charge in [0, 0.05) is 12.4 Å². The van der Waals surface area contributed by atoms with Crippen LogP contribution in [0.2, 0.25) is 0 Å². The van der Waals surface area contributed by atoms with E-state index in [2.05, 4.69) is 10.3 Å². The highest BCUT2D eigenvalue weighted by Crippen LogP contribution is 2.27. The standard InChI is InChI=1S/C14H14N2O4S/c1-2-21(19,20)11-5-6-13(17)12(8-11)16-14(18)10-4-3-7-15-9-10/h3-9,17H,2H2,1H3,(H,16,18). The summed E-state index contributed by atoms with van der Waals surface area (Å²) in [6, 6.07) is 6.94. The van der Waals surface area contributed by atoms with Gasteiger partial charge >= 0.3 is 0 Å². The fourth-order valence-electron chi connectivity index (χ4n) is 1.67. The first kappa shape index (κ1) is 15.0. The van der Waals surface area contributed by atoms with Crippen molar-refractivity contribution in [3.05, 3.63) is 48.3 Å². The molecule has 6 nitrogen and oxygen atoms in total. The molecule has 0 saturated heterocycles. The van der Waals surface area contributed by atoms with Crippen LogP contribution >= 0.6 is 0 Å². The van der Waals surface area contributed by atoms with Crippen molar-refractivity contribution in [2.75, 3.05) is 11.1 Å². The smallest absolute Gasteiger partial charge is 0.257 e. The maximum Gasteiger partial charge on any atom is 0.257 e. The van der Waals surface area contributed by atoms with Crippen molar-refractivity contribution in [1.29, 1.82) is 0 Å². The number of pyridine rings is 1. The van der Waals surface area contributed by atoms with Gasteiger partial charge in [0.25, 0.3) is 5.91 Å². The Bertz CT molecular complexity index is 758. The number of benzene rings is 1. The van der Waals surface area contributed by atoms with Crippen LogP contribution < -0.4 is 5.32 Å². The van der Waals surface area contributed by atoms with E-state index in [0.717, 1.165) is 0 Å². The van der Waals surface area contributed by atoms with E-state index < -0.39 is 15.7 Å². The van der Waals surface area contributed by atoms with Crippen LogP contribution in [0.15, 0.2) is 47.6 Å². The van der Waals surface area contributed by atoms with Gasteiger partial charge in [-0.25, -0.2) is 8.42 Å². The fraction of sp³-hybridized carbons (Fsp3) is 0.143. The minimum Gasteiger partial charge on any atom is -0.506 e. The number of nitrogens with zero attached hydrogens (tertiary/aromatic N) is 1. The van der Waals surface area contributed by atoms with E-state index in [0.29, 0.717) is 5.56 Å². The Morgan fingerprint density at radius 3 is 2.71 bits per heavy atom. The molecule has 0 radical (unpaired) electrons. The first-order valence-electron chi connectivity index (χ1n) is 6.21. The maximum atomic E-state index is 12.0. The molecule has 0 atom stereocenters. The predicted octanol–water partition coefficient (Wildman–Crippen LogP) is 1.83. The molecule has 1 heterocycles. The van der Waals surface area contributed by atoms with Crippen molar-refractivity contribution in [2.24, 2.45) is 0 Å². The SMILES string of the molecule is CCS(=O)(=O)c1ccc(O)c(NC(=O)c2cccnc2)c1. The number of carbonyl (C=O) groups is 1. The number of rotatable bonds is 4. The molecule has 0 unspecified atom stereocenters. The Balaban J connectivity index is 2.32. The number of nitrogens with one attached hydrogen (secondary N) is 1. The van der Waals surface area contributed by atoms with Crippen LogP contribution in [-0.2, 0) is 9.84 Å². The van der Waals surface area contributed by atoms with Crippen molar-refractivity contribution in [3.63, 3.8) is 0 Å². The number of amides is 1. The average molecular weight is 306 g/mol. The molecule has 0 spiro atoms. The van der Waals surface area contributed by atoms with Gasteiger partial charge in [-0.1, -0.05) is 6.92 Å². The lowest BCUT2D eigenvalue weighted by atomic mass is 10.2. The second kappa shape index (κ2) is 5.92. The van der Waals surface area contributed by atoms with Gasteiger partial charge in [-0.15, -0.1) is 0 Å². The third-order valence-corrected chi connectivity index (χ3v) is 4.61. The number of anilines is 1. The number of phenols is 1. The first-order chi connectivity index (χ1) is 9.94. The molecule has 21 heavy (non-hydrogen) atoms. The highest BCUT2D eigenvalue weighted by atomic mass is 32.2. The second-order valence-electron chi connectivity index (χ2n) is 4.28. The molecular formula is C14H14N2O4S. The number of hydrogen-bond donors (Lipinski definition) is 2. The van der Waals surface area contributed by atoms with E-state index in [1.807, 2.05) is 0 Å². The van der Waals surface area contributed by atoms with E-state index in [1.165, 1.54) is 37.5 Å². The van der Waals surface area contributed by atoms with E-state index in [-0.39, 0.29) is 22.1 Å². The zero-order chi connectivity index (χ0) is 15.5. The van der Waals surface area contributed by atoms with Crippen molar-refractivity contribution in [1.82, 2.24) is 4.98 Å². The van der Waals surface area contributed by atoms with Gasteiger partial charge in [0.2, 0.25) is 0 Å². The van der Waals surface area contributed by atoms with Gasteiger partial charge < -0.3 is 10.4 Å². The summed E-state index contributed by atoms with van der Waals surface area (Å²) in [5.74, 6) is -0.750. The van der Waals surface area contributed by atoms with Crippen LogP contribution in [0.5, 0.6) is 5.75 Å². The van der Waals surface area contributed by atoms with Crippen LogP contribution in [0.3, 0.4) is 0 Å². The molecule has 2 N–H and O–H groups in total. The van der Waals surface area contributed by atoms with Crippen LogP contribution in [0.25, 0.3) is 0 Å². The van der Waals surface area contributed by atoms with Crippen molar-refractivity contribution < 1.29 is 18.3 Å².